The molecule has 2 saturated heterocycles. The van der Waals surface area contributed by atoms with E-state index < -0.39 is 30.0 Å². The Kier molecular flexibility index (Phi) is 12.8. The number of hydrogen-bond acceptors (Lipinski definition) is 11. The van der Waals surface area contributed by atoms with E-state index in [4.69, 9.17) is 4.42 Å². The van der Waals surface area contributed by atoms with Crippen molar-refractivity contribution < 1.29 is 27.6 Å². The van der Waals surface area contributed by atoms with E-state index in [1.54, 1.807) is 39.2 Å². The first-order chi connectivity index (χ1) is 31.0. The Morgan fingerprint density at radius 3 is 2.55 bits per heavy atom. The molecule has 64 heavy (non-hydrogen) atoms. The van der Waals surface area contributed by atoms with E-state index in [1.807, 2.05) is 12.1 Å². The van der Waals surface area contributed by atoms with Crippen molar-refractivity contribution in [3.05, 3.63) is 76.4 Å². The van der Waals surface area contributed by atoms with Crippen LogP contribution in [-0.2, 0) is 23.1 Å². The first-order valence-corrected chi connectivity index (χ1v) is 22.8. The Balaban J connectivity index is 0.725. The summed E-state index contributed by atoms with van der Waals surface area (Å²) in [6, 6.07) is 9.18. The van der Waals surface area contributed by atoms with Crippen molar-refractivity contribution in [2.45, 2.75) is 102 Å². The van der Waals surface area contributed by atoms with Crippen molar-refractivity contribution in [3.8, 4) is 11.5 Å². The van der Waals surface area contributed by atoms with Crippen LogP contribution in [0.1, 0.15) is 111 Å². The Morgan fingerprint density at radius 1 is 1.02 bits per heavy atom. The van der Waals surface area contributed by atoms with Gasteiger partial charge in [-0.2, -0.15) is 5.10 Å². The number of imide groups is 1. The van der Waals surface area contributed by atoms with Gasteiger partial charge in [0.05, 0.1) is 22.8 Å². The molecule has 2 aliphatic carbocycles. The number of hydrogen-bond donors (Lipinski definition) is 3. The lowest BCUT2D eigenvalue weighted by atomic mass is 9.85. The first kappa shape index (κ1) is 43.5. The summed E-state index contributed by atoms with van der Waals surface area (Å²) in [5.74, 6) is 0.708. The van der Waals surface area contributed by atoms with Gasteiger partial charge >= 0.3 is 5.69 Å². The topological polar surface area (TPSA) is 177 Å². The number of piperidine rings is 2. The third-order valence-corrected chi connectivity index (χ3v) is 13.8. The van der Waals surface area contributed by atoms with Gasteiger partial charge < -0.3 is 24.9 Å². The second kappa shape index (κ2) is 18.8. The monoisotopic (exact) mass is 881 g/mol. The second-order valence-corrected chi connectivity index (χ2v) is 18.2. The molecule has 4 aliphatic rings. The molecule has 3 amide bonds. The summed E-state index contributed by atoms with van der Waals surface area (Å²) in [4.78, 5) is 64.6. The molecule has 0 spiro atoms. The molecule has 0 radical (unpaired) electrons. The Bertz CT molecular complexity index is 2540. The minimum Gasteiger partial charge on any atom is -0.444 e. The molecular weight excluding hydrogens is 825 g/mol. The quantitative estimate of drug-likeness (QED) is 0.0944. The van der Waals surface area contributed by atoms with Crippen LogP contribution in [0, 0.1) is 11.8 Å². The molecule has 4 aromatic heterocycles. The minimum absolute atomic E-state index is 0.0240. The summed E-state index contributed by atoms with van der Waals surface area (Å²) in [6.07, 6.45) is 11.9. The van der Waals surface area contributed by atoms with E-state index in [9.17, 15) is 28.0 Å². The zero-order valence-electron chi connectivity index (χ0n) is 36.5. The lowest BCUT2D eigenvalue weighted by Crippen LogP contribution is -2.45. The van der Waals surface area contributed by atoms with Gasteiger partial charge in [-0.05, 0) is 133 Å². The number of halogens is 2. The number of benzene rings is 1. The number of carbonyl (C=O) groups is 3. The van der Waals surface area contributed by atoms with Crippen LogP contribution < -0.4 is 21.6 Å². The van der Waals surface area contributed by atoms with E-state index >= 15 is 0 Å². The van der Waals surface area contributed by atoms with E-state index in [0.29, 0.717) is 35.7 Å². The molecule has 0 bridgehead atoms. The summed E-state index contributed by atoms with van der Waals surface area (Å²) in [5, 5.41) is 12.6. The number of likely N-dealkylation sites (tertiary alicyclic amines) is 1. The molecule has 1 unspecified atom stereocenters. The number of nitrogens with one attached hydrogen (secondary N) is 3. The van der Waals surface area contributed by atoms with E-state index in [-0.39, 0.29) is 41.3 Å². The molecule has 2 aliphatic heterocycles. The maximum atomic E-state index is 14.2. The fourth-order valence-electron chi connectivity index (χ4n) is 9.95. The fraction of sp³-hybridized carbons (Fsp3) is 0.543. The van der Waals surface area contributed by atoms with Crippen LogP contribution in [0.2, 0.25) is 0 Å². The number of amides is 3. The molecule has 9 rings (SSSR count). The van der Waals surface area contributed by atoms with E-state index in [0.717, 1.165) is 101 Å². The molecule has 3 N–H and O–H groups in total. The Labute approximate surface area is 369 Å². The second-order valence-electron chi connectivity index (χ2n) is 18.2. The molecular formula is C46H57F2N11O5. The minimum atomic E-state index is -2.86. The number of rotatable bonds is 16. The standard InChI is InChI=1S/C46H57F2N11O5/c1-55(32-17-21-57(22-18-32)20-4-6-30-5-3-7-36-41(30)56(2)46(63)59(36)37-14-15-39(60)53-44(37)62)25-29-10-12-33(13-11-29)58-26-34(40(54-58)42(47)48)51-43(61)35-27-64-45(52-35)31-16-19-49-38(23-31)50-24-28-8-9-28/h3,5,7,16,19,23,26-29,32-33,37,42H,4,6,8-15,17-18,20-22,24-25H2,1-2H3,(H,49,50)(H,51,61)(H,53,60,62)/t29-,33-,37?. The third-order valence-electron chi connectivity index (χ3n) is 13.8. The van der Waals surface area contributed by atoms with Gasteiger partial charge in [-0.25, -0.2) is 23.5 Å². The summed E-state index contributed by atoms with van der Waals surface area (Å²) >= 11 is 0. The zero-order valence-corrected chi connectivity index (χ0v) is 36.5. The van der Waals surface area contributed by atoms with Crippen molar-refractivity contribution >= 4 is 40.3 Å². The number of aryl methyl sites for hydroxylation is 2. The molecule has 6 heterocycles. The van der Waals surface area contributed by atoms with Crippen molar-refractivity contribution in [1.82, 2.24) is 44.0 Å². The van der Waals surface area contributed by atoms with Crippen LogP contribution in [0.3, 0.4) is 0 Å². The van der Waals surface area contributed by atoms with Gasteiger partial charge in [0.25, 0.3) is 12.3 Å². The number of imidazole rings is 1. The van der Waals surface area contributed by atoms with Gasteiger partial charge in [0.15, 0.2) is 11.4 Å². The van der Waals surface area contributed by atoms with Crippen LogP contribution in [-0.4, -0.2) is 102 Å². The highest BCUT2D eigenvalue weighted by molar-refractivity contribution is 6.03. The number of alkyl halides is 2. The van der Waals surface area contributed by atoms with Crippen molar-refractivity contribution in [2.24, 2.45) is 18.9 Å². The average molecular weight is 882 g/mol. The third kappa shape index (κ3) is 9.53. The predicted octanol–water partition coefficient (Wildman–Crippen LogP) is 6.34. The highest BCUT2D eigenvalue weighted by Crippen LogP contribution is 2.36. The van der Waals surface area contributed by atoms with Crippen LogP contribution in [0.25, 0.3) is 22.5 Å². The van der Waals surface area contributed by atoms with Gasteiger partial charge in [0.1, 0.15) is 18.1 Å². The van der Waals surface area contributed by atoms with Gasteiger partial charge in [0, 0.05) is 50.6 Å². The van der Waals surface area contributed by atoms with Crippen molar-refractivity contribution in [1.29, 1.82) is 0 Å². The smallest absolute Gasteiger partial charge is 0.329 e. The van der Waals surface area contributed by atoms with Gasteiger partial charge in [-0.3, -0.25) is 33.5 Å². The molecule has 340 valence electrons. The molecule has 18 heteroatoms. The molecule has 1 atom stereocenters. The Hall–Kier alpha value is -5.75. The molecule has 2 saturated carbocycles. The molecule has 5 aromatic rings. The molecule has 16 nitrogen and oxygen atoms in total. The number of oxazole rings is 1. The number of nitrogens with zero attached hydrogens (tertiary/aromatic N) is 8. The van der Waals surface area contributed by atoms with Crippen molar-refractivity contribution in [2.75, 3.05) is 50.4 Å². The van der Waals surface area contributed by atoms with Gasteiger partial charge in [-0.15, -0.1) is 0 Å². The number of aromatic nitrogens is 6. The number of carbonyl (C=O) groups excluding carboxylic acids is 3. The largest absolute Gasteiger partial charge is 0.444 e. The normalized spacial score (nSPS) is 21.2. The lowest BCUT2D eigenvalue weighted by Gasteiger charge is -2.39. The van der Waals surface area contributed by atoms with E-state index in [2.05, 4.69) is 53.9 Å². The van der Waals surface area contributed by atoms with Crippen molar-refractivity contribution in [3.63, 3.8) is 0 Å². The lowest BCUT2D eigenvalue weighted by molar-refractivity contribution is -0.135. The number of anilines is 2. The summed E-state index contributed by atoms with van der Waals surface area (Å²) in [7, 11) is 3.96. The average Bonchev–Trinajstić information content (AvgIpc) is 3.70. The maximum Gasteiger partial charge on any atom is 0.329 e. The summed E-state index contributed by atoms with van der Waals surface area (Å²) < 4.78 is 38.8. The number of para-hydroxylation sites is 1. The Morgan fingerprint density at radius 2 is 1.80 bits per heavy atom. The van der Waals surface area contributed by atoms with Crippen LogP contribution >= 0.6 is 0 Å². The number of pyridine rings is 1. The van der Waals surface area contributed by atoms with Crippen LogP contribution in [0.5, 0.6) is 0 Å². The van der Waals surface area contributed by atoms with Crippen LogP contribution in [0.4, 0.5) is 20.3 Å². The van der Waals surface area contributed by atoms with Gasteiger partial charge in [-0.1, -0.05) is 12.1 Å². The summed E-state index contributed by atoms with van der Waals surface area (Å²) in [5.41, 5.74) is 2.52. The zero-order chi connectivity index (χ0) is 44.5. The SMILES string of the molecule is CN(C[C@H]1CC[C@H](n2cc(NC(=O)c3coc(-c4ccnc(NCC5CC5)c4)n3)c(C(F)F)n2)CC1)C1CCN(CCCc2cccc3c2n(C)c(=O)n3C2CCC(=O)NC2=O)CC1. The summed E-state index contributed by atoms with van der Waals surface area (Å²) in [6.45, 7) is 4.82. The number of fused-ring (bicyclic) bond motifs is 1. The maximum absolute atomic E-state index is 14.2. The highest BCUT2D eigenvalue weighted by atomic mass is 19.3. The highest BCUT2D eigenvalue weighted by Gasteiger charge is 2.33. The van der Waals surface area contributed by atoms with Gasteiger partial charge in [0.2, 0.25) is 17.7 Å². The van der Waals surface area contributed by atoms with Crippen LogP contribution in [0.15, 0.2) is 58.2 Å². The van der Waals surface area contributed by atoms with E-state index in [1.165, 1.54) is 25.3 Å². The molecule has 1 aromatic carbocycles. The molecule has 4 fully saturated rings. The predicted molar refractivity (Wildman–Crippen MR) is 236 cm³/mol. The fourth-order valence-corrected chi connectivity index (χ4v) is 9.95. The first-order valence-electron chi connectivity index (χ1n) is 22.8.